The van der Waals surface area contributed by atoms with Crippen molar-refractivity contribution in [1.29, 1.82) is 0 Å². The largest absolute Gasteiger partial charge is 0.416 e. The van der Waals surface area contributed by atoms with Crippen molar-refractivity contribution in [3.63, 3.8) is 0 Å². The third kappa shape index (κ3) is 5.38. The van der Waals surface area contributed by atoms with Gasteiger partial charge in [-0.3, -0.25) is 9.63 Å². The van der Waals surface area contributed by atoms with Gasteiger partial charge in [0.15, 0.2) is 0 Å². The second-order valence-electron chi connectivity index (χ2n) is 6.94. The number of hydroxylamine groups is 1. The molecule has 1 atom stereocenters. The minimum atomic E-state index is -4.49. The van der Waals surface area contributed by atoms with Gasteiger partial charge in [-0.2, -0.15) is 13.2 Å². The lowest BCUT2D eigenvalue weighted by Gasteiger charge is -2.24. The third-order valence-electron chi connectivity index (χ3n) is 4.54. The number of halogens is 3. The Labute approximate surface area is 173 Å². The summed E-state index contributed by atoms with van der Waals surface area (Å²) >= 11 is 0. The summed E-state index contributed by atoms with van der Waals surface area (Å²) in [4.78, 5) is 17.3. The fraction of sp³-hybridized carbons (Fsp3) is 0.350. The molecule has 0 saturated heterocycles. The summed E-state index contributed by atoms with van der Waals surface area (Å²) in [6.07, 6.45) is -4.49. The molecular weight excluding hydrogens is 421 g/mol. The number of carbonyl (C=O) groups is 1. The van der Waals surface area contributed by atoms with E-state index in [2.05, 4.69) is 5.32 Å². The van der Waals surface area contributed by atoms with Gasteiger partial charge in [0.1, 0.15) is 0 Å². The molecule has 10 heteroatoms. The van der Waals surface area contributed by atoms with E-state index in [-0.39, 0.29) is 16.4 Å². The summed E-state index contributed by atoms with van der Waals surface area (Å²) < 4.78 is 64.2. The number of hydrogen-bond acceptors (Lipinski definition) is 4. The maximum absolute atomic E-state index is 13.0. The second kappa shape index (κ2) is 9.15. The summed E-state index contributed by atoms with van der Waals surface area (Å²) in [6.45, 7) is 3.56. The molecule has 2 aromatic rings. The molecule has 0 fully saturated rings. The van der Waals surface area contributed by atoms with Crippen molar-refractivity contribution in [2.75, 3.05) is 14.2 Å². The van der Waals surface area contributed by atoms with E-state index in [4.69, 9.17) is 4.84 Å². The number of benzene rings is 2. The molecule has 1 unspecified atom stereocenters. The van der Waals surface area contributed by atoms with Crippen LogP contribution in [0.4, 0.5) is 13.2 Å². The van der Waals surface area contributed by atoms with Crippen molar-refractivity contribution < 1.29 is 31.2 Å². The Morgan fingerprint density at radius 1 is 1.10 bits per heavy atom. The number of nitrogens with zero attached hydrogens (tertiary/aromatic N) is 1. The van der Waals surface area contributed by atoms with Gasteiger partial charge in [0.2, 0.25) is 0 Å². The third-order valence-corrected chi connectivity index (χ3v) is 6.23. The molecule has 0 aromatic heterocycles. The normalized spacial score (nSPS) is 13.5. The predicted octanol–water partition coefficient (Wildman–Crippen LogP) is 4.01. The molecule has 2 aromatic carbocycles. The smallest absolute Gasteiger partial charge is 0.345 e. The van der Waals surface area contributed by atoms with Crippen LogP contribution in [0.2, 0.25) is 0 Å². The van der Waals surface area contributed by atoms with Crippen molar-refractivity contribution in [1.82, 2.24) is 9.79 Å². The molecular formula is C20H23F3N2O4S. The number of alkyl halides is 3. The Morgan fingerprint density at radius 3 is 2.20 bits per heavy atom. The van der Waals surface area contributed by atoms with E-state index >= 15 is 0 Å². The number of amides is 1. The highest BCUT2D eigenvalue weighted by molar-refractivity contribution is 7.89. The first-order valence-electron chi connectivity index (χ1n) is 8.99. The first kappa shape index (κ1) is 23.8. The SMILES string of the molecule is CON(C)S(=O)(=O)c1ccc(C(=O)NC(c2cccc(C(F)(F)F)c2)C(C)C)cc1. The zero-order valence-corrected chi connectivity index (χ0v) is 17.7. The predicted molar refractivity (Wildman–Crippen MR) is 105 cm³/mol. The van der Waals surface area contributed by atoms with E-state index in [9.17, 15) is 26.4 Å². The Hall–Kier alpha value is -2.43. The van der Waals surface area contributed by atoms with Gasteiger partial charge >= 0.3 is 6.18 Å². The molecule has 0 aliphatic heterocycles. The van der Waals surface area contributed by atoms with E-state index in [1.807, 2.05) is 0 Å². The van der Waals surface area contributed by atoms with Crippen LogP contribution in [0.3, 0.4) is 0 Å². The van der Waals surface area contributed by atoms with Gasteiger partial charge in [0, 0.05) is 12.6 Å². The lowest BCUT2D eigenvalue weighted by atomic mass is 9.94. The van der Waals surface area contributed by atoms with Gasteiger partial charge in [-0.15, -0.1) is 0 Å². The fourth-order valence-electron chi connectivity index (χ4n) is 2.79. The van der Waals surface area contributed by atoms with Crippen LogP contribution in [0, 0.1) is 5.92 Å². The van der Waals surface area contributed by atoms with E-state index < -0.39 is 33.7 Å². The van der Waals surface area contributed by atoms with E-state index in [0.29, 0.717) is 10.0 Å². The molecule has 0 aliphatic carbocycles. The van der Waals surface area contributed by atoms with Crippen LogP contribution in [0.5, 0.6) is 0 Å². The van der Waals surface area contributed by atoms with Crippen LogP contribution >= 0.6 is 0 Å². The topological polar surface area (TPSA) is 75.7 Å². The fourth-order valence-corrected chi connectivity index (χ4v) is 3.77. The van der Waals surface area contributed by atoms with Crippen molar-refractivity contribution in [3.8, 4) is 0 Å². The van der Waals surface area contributed by atoms with Crippen molar-refractivity contribution in [2.45, 2.75) is 31.0 Å². The minimum absolute atomic E-state index is 0.0679. The Bertz CT molecular complexity index is 990. The summed E-state index contributed by atoms with van der Waals surface area (Å²) in [5, 5.41) is 2.73. The van der Waals surface area contributed by atoms with Crippen molar-refractivity contribution in [3.05, 3.63) is 65.2 Å². The lowest BCUT2D eigenvalue weighted by Crippen LogP contribution is -2.32. The molecule has 2 rings (SSSR count). The maximum Gasteiger partial charge on any atom is 0.416 e. The average molecular weight is 444 g/mol. The van der Waals surface area contributed by atoms with Crippen LogP contribution < -0.4 is 5.32 Å². The molecule has 0 radical (unpaired) electrons. The molecule has 6 nitrogen and oxygen atoms in total. The number of carbonyl (C=O) groups excluding carboxylic acids is 1. The monoisotopic (exact) mass is 444 g/mol. The van der Waals surface area contributed by atoms with Crippen LogP contribution in [-0.4, -0.2) is 33.0 Å². The quantitative estimate of drug-likeness (QED) is 0.655. The van der Waals surface area contributed by atoms with Gasteiger partial charge in [-0.05, 0) is 47.9 Å². The highest BCUT2D eigenvalue weighted by atomic mass is 32.2. The molecule has 0 saturated carbocycles. The highest BCUT2D eigenvalue weighted by Gasteiger charge is 2.31. The average Bonchev–Trinajstić information content (AvgIpc) is 2.70. The lowest BCUT2D eigenvalue weighted by molar-refractivity contribution is -0.137. The van der Waals surface area contributed by atoms with Crippen LogP contribution in [0.25, 0.3) is 0 Å². The molecule has 1 amide bonds. The first-order valence-corrected chi connectivity index (χ1v) is 10.4. The van der Waals surface area contributed by atoms with Crippen LogP contribution in [0.15, 0.2) is 53.4 Å². The Balaban J connectivity index is 2.26. The first-order chi connectivity index (χ1) is 13.9. The molecule has 164 valence electrons. The summed E-state index contributed by atoms with van der Waals surface area (Å²) in [5.41, 5.74) is -0.294. The summed E-state index contributed by atoms with van der Waals surface area (Å²) in [6, 6.07) is 9.32. The molecule has 0 bridgehead atoms. The molecule has 0 aliphatic rings. The molecule has 1 N–H and O–H groups in total. The summed E-state index contributed by atoms with van der Waals surface area (Å²) in [5.74, 6) is -0.720. The van der Waals surface area contributed by atoms with Gasteiger partial charge in [0.25, 0.3) is 15.9 Å². The van der Waals surface area contributed by atoms with E-state index in [1.165, 1.54) is 50.6 Å². The Morgan fingerprint density at radius 2 is 1.70 bits per heavy atom. The van der Waals surface area contributed by atoms with Crippen molar-refractivity contribution in [2.24, 2.45) is 5.92 Å². The Kier molecular flexibility index (Phi) is 7.27. The second-order valence-corrected chi connectivity index (χ2v) is 8.88. The van der Waals surface area contributed by atoms with Crippen LogP contribution in [-0.2, 0) is 21.0 Å². The highest BCUT2D eigenvalue weighted by Crippen LogP contribution is 2.32. The summed E-state index contributed by atoms with van der Waals surface area (Å²) in [7, 11) is -1.41. The van der Waals surface area contributed by atoms with E-state index in [1.54, 1.807) is 13.8 Å². The van der Waals surface area contributed by atoms with Crippen LogP contribution in [0.1, 0.15) is 41.4 Å². The minimum Gasteiger partial charge on any atom is -0.345 e. The van der Waals surface area contributed by atoms with Crippen molar-refractivity contribution >= 4 is 15.9 Å². The zero-order valence-electron chi connectivity index (χ0n) is 16.9. The van der Waals surface area contributed by atoms with Gasteiger partial charge in [-0.25, -0.2) is 8.42 Å². The molecule has 0 heterocycles. The van der Waals surface area contributed by atoms with Gasteiger partial charge in [-0.1, -0.05) is 30.4 Å². The van der Waals surface area contributed by atoms with Gasteiger partial charge < -0.3 is 5.32 Å². The standard InChI is InChI=1S/C20H23F3N2O4S/c1-13(2)18(15-6-5-7-16(12-15)20(21,22)23)24-19(26)14-8-10-17(11-9-14)30(27,28)25(3)29-4/h5-13,18H,1-4H3,(H,24,26). The number of rotatable bonds is 7. The molecule has 30 heavy (non-hydrogen) atoms. The van der Waals surface area contributed by atoms with Gasteiger partial charge in [0.05, 0.1) is 23.6 Å². The zero-order chi connectivity index (χ0) is 22.7. The maximum atomic E-state index is 13.0. The van der Waals surface area contributed by atoms with E-state index in [0.717, 1.165) is 12.1 Å². The number of nitrogens with one attached hydrogen (secondary N) is 1. The molecule has 0 spiro atoms. The number of hydrogen-bond donors (Lipinski definition) is 1. The number of sulfonamides is 1.